The predicted octanol–water partition coefficient (Wildman–Crippen LogP) is 3.59. The summed E-state index contributed by atoms with van der Waals surface area (Å²) in [6.45, 7) is 5.84. The van der Waals surface area contributed by atoms with Gasteiger partial charge in [-0.15, -0.1) is 0 Å². The molecule has 0 radical (unpaired) electrons. The largest absolute Gasteiger partial charge is 0.481 e. The van der Waals surface area contributed by atoms with E-state index in [1.807, 2.05) is 17.9 Å². The second kappa shape index (κ2) is 6.72. The van der Waals surface area contributed by atoms with Gasteiger partial charge < -0.3 is 9.64 Å². The molecule has 1 amide bonds. The lowest BCUT2D eigenvalue weighted by molar-refractivity contribution is -0.139. The zero-order valence-corrected chi connectivity index (χ0v) is 13.8. The number of piperidine rings is 1. The third-order valence-corrected chi connectivity index (χ3v) is 4.95. The Morgan fingerprint density at radius 2 is 2.00 bits per heavy atom. The van der Waals surface area contributed by atoms with Crippen LogP contribution in [0.15, 0.2) is 18.2 Å². The van der Waals surface area contributed by atoms with Gasteiger partial charge in [0.05, 0.1) is 0 Å². The van der Waals surface area contributed by atoms with Crippen LogP contribution >= 0.6 is 0 Å². The van der Waals surface area contributed by atoms with Crippen molar-refractivity contribution < 1.29 is 9.53 Å². The van der Waals surface area contributed by atoms with Crippen molar-refractivity contribution in [2.45, 2.75) is 58.5 Å². The number of nitrogens with zero attached hydrogens (tertiary/aromatic N) is 1. The van der Waals surface area contributed by atoms with Crippen LogP contribution in [-0.2, 0) is 17.6 Å². The van der Waals surface area contributed by atoms with Crippen molar-refractivity contribution in [1.29, 1.82) is 0 Å². The molecule has 2 atom stereocenters. The second-order valence-corrected chi connectivity index (χ2v) is 6.93. The van der Waals surface area contributed by atoms with Gasteiger partial charge in [-0.1, -0.05) is 13.0 Å². The molecule has 1 aromatic carbocycles. The van der Waals surface area contributed by atoms with Crippen molar-refractivity contribution in [3.63, 3.8) is 0 Å². The number of benzene rings is 1. The number of likely N-dealkylation sites (tertiary alicyclic amines) is 1. The molecule has 3 nitrogen and oxygen atoms in total. The first-order chi connectivity index (χ1) is 10.6. The summed E-state index contributed by atoms with van der Waals surface area (Å²) in [6.07, 6.45) is 6.80. The fraction of sp³-hybridized carbons (Fsp3) is 0.632. The molecular weight excluding hydrogens is 274 g/mol. The van der Waals surface area contributed by atoms with Crippen LogP contribution in [0.1, 0.15) is 50.7 Å². The molecule has 0 bridgehead atoms. The van der Waals surface area contributed by atoms with Crippen molar-refractivity contribution >= 4 is 5.91 Å². The predicted molar refractivity (Wildman–Crippen MR) is 88.2 cm³/mol. The molecule has 22 heavy (non-hydrogen) atoms. The average molecular weight is 301 g/mol. The van der Waals surface area contributed by atoms with E-state index >= 15 is 0 Å². The Bertz CT molecular complexity index is 540. The van der Waals surface area contributed by atoms with E-state index in [1.165, 1.54) is 36.8 Å². The van der Waals surface area contributed by atoms with Gasteiger partial charge in [-0.25, -0.2) is 0 Å². The van der Waals surface area contributed by atoms with Crippen LogP contribution in [0.4, 0.5) is 0 Å². The van der Waals surface area contributed by atoms with E-state index in [0.29, 0.717) is 5.92 Å². The van der Waals surface area contributed by atoms with E-state index < -0.39 is 6.10 Å². The molecular formula is C19H27NO2. The minimum absolute atomic E-state index is 0.129. The molecule has 1 saturated heterocycles. The first kappa shape index (κ1) is 15.4. The maximum Gasteiger partial charge on any atom is 0.263 e. The molecule has 2 aliphatic rings. The fourth-order valence-electron chi connectivity index (χ4n) is 3.68. The third kappa shape index (κ3) is 3.45. The van der Waals surface area contributed by atoms with Crippen molar-refractivity contribution in [3.8, 4) is 5.75 Å². The lowest BCUT2D eigenvalue weighted by Crippen LogP contribution is -2.45. The number of ether oxygens (including phenoxy) is 1. The van der Waals surface area contributed by atoms with Gasteiger partial charge in [-0.3, -0.25) is 4.79 Å². The summed E-state index contributed by atoms with van der Waals surface area (Å²) in [7, 11) is 0. The Hall–Kier alpha value is -1.51. The van der Waals surface area contributed by atoms with E-state index in [2.05, 4.69) is 19.1 Å². The van der Waals surface area contributed by atoms with Gasteiger partial charge in [-0.2, -0.15) is 0 Å². The van der Waals surface area contributed by atoms with E-state index in [0.717, 1.165) is 31.7 Å². The molecule has 0 N–H and O–H groups in total. The molecule has 1 aromatic rings. The maximum absolute atomic E-state index is 12.5. The molecule has 1 aliphatic carbocycles. The van der Waals surface area contributed by atoms with Crippen LogP contribution in [0.2, 0.25) is 0 Å². The van der Waals surface area contributed by atoms with Crippen LogP contribution in [0.25, 0.3) is 0 Å². The Morgan fingerprint density at radius 1 is 1.23 bits per heavy atom. The number of amides is 1. The summed E-state index contributed by atoms with van der Waals surface area (Å²) in [6, 6.07) is 6.33. The Labute approximate surface area is 133 Å². The lowest BCUT2D eigenvalue weighted by atomic mass is 9.92. The van der Waals surface area contributed by atoms with Gasteiger partial charge in [0.1, 0.15) is 5.75 Å². The first-order valence-electron chi connectivity index (χ1n) is 8.71. The number of aryl methyl sites for hydroxylation is 2. The van der Waals surface area contributed by atoms with Gasteiger partial charge in [0.15, 0.2) is 6.10 Å². The fourth-order valence-corrected chi connectivity index (χ4v) is 3.68. The van der Waals surface area contributed by atoms with Gasteiger partial charge in [0.25, 0.3) is 5.91 Å². The molecule has 3 heteroatoms. The zero-order valence-electron chi connectivity index (χ0n) is 13.8. The van der Waals surface area contributed by atoms with Crippen molar-refractivity contribution in [2.75, 3.05) is 13.1 Å². The van der Waals surface area contributed by atoms with E-state index in [-0.39, 0.29) is 5.91 Å². The summed E-state index contributed by atoms with van der Waals surface area (Å²) in [5.74, 6) is 1.57. The van der Waals surface area contributed by atoms with Gasteiger partial charge in [0.2, 0.25) is 0 Å². The quantitative estimate of drug-likeness (QED) is 0.854. The van der Waals surface area contributed by atoms with Crippen molar-refractivity contribution in [2.24, 2.45) is 5.92 Å². The van der Waals surface area contributed by atoms with Gasteiger partial charge in [-0.05, 0) is 74.6 Å². The smallest absolute Gasteiger partial charge is 0.263 e. The van der Waals surface area contributed by atoms with E-state index in [1.54, 1.807) is 0 Å². The summed E-state index contributed by atoms with van der Waals surface area (Å²) in [5.41, 5.74) is 2.84. The van der Waals surface area contributed by atoms with Gasteiger partial charge >= 0.3 is 0 Å². The highest BCUT2D eigenvalue weighted by Crippen LogP contribution is 2.26. The minimum Gasteiger partial charge on any atom is -0.481 e. The molecule has 1 heterocycles. The zero-order chi connectivity index (χ0) is 15.5. The summed E-state index contributed by atoms with van der Waals surface area (Å²) in [5, 5.41) is 0. The SMILES string of the molecule is C[C@@H]1CCCN(C(=O)[C@H](C)Oc2ccc3c(c2)CCCC3)C1. The highest BCUT2D eigenvalue weighted by Gasteiger charge is 2.26. The molecule has 0 unspecified atom stereocenters. The monoisotopic (exact) mass is 301 g/mol. The Kier molecular flexibility index (Phi) is 4.70. The Balaban J connectivity index is 1.63. The number of rotatable bonds is 3. The average Bonchev–Trinajstić information content (AvgIpc) is 2.54. The van der Waals surface area contributed by atoms with Crippen LogP contribution in [-0.4, -0.2) is 30.0 Å². The van der Waals surface area contributed by atoms with Crippen LogP contribution in [0.5, 0.6) is 5.75 Å². The highest BCUT2D eigenvalue weighted by atomic mass is 16.5. The molecule has 0 aromatic heterocycles. The number of hydrogen-bond acceptors (Lipinski definition) is 2. The standard InChI is InChI=1S/C19H27NO2/c1-14-6-5-11-20(13-14)19(21)15(2)22-18-10-9-16-7-3-4-8-17(16)12-18/h9-10,12,14-15H,3-8,11,13H2,1-2H3/t14-,15+/m1/s1. The molecule has 0 saturated carbocycles. The minimum atomic E-state index is -0.396. The van der Waals surface area contributed by atoms with Crippen LogP contribution in [0, 0.1) is 5.92 Å². The third-order valence-electron chi connectivity index (χ3n) is 4.95. The highest BCUT2D eigenvalue weighted by molar-refractivity contribution is 5.81. The summed E-state index contributed by atoms with van der Waals surface area (Å²) in [4.78, 5) is 14.5. The molecule has 3 rings (SSSR count). The first-order valence-corrected chi connectivity index (χ1v) is 8.71. The summed E-state index contributed by atoms with van der Waals surface area (Å²) < 4.78 is 5.94. The molecule has 0 spiro atoms. The topological polar surface area (TPSA) is 29.5 Å². The molecule has 120 valence electrons. The number of fused-ring (bicyclic) bond motifs is 1. The summed E-state index contributed by atoms with van der Waals surface area (Å²) >= 11 is 0. The van der Waals surface area contributed by atoms with E-state index in [4.69, 9.17) is 4.74 Å². The van der Waals surface area contributed by atoms with E-state index in [9.17, 15) is 4.79 Å². The second-order valence-electron chi connectivity index (χ2n) is 6.93. The number of hydrogen-bond donors (Lipinski definition) is 0. The number of carbonyl (C=O) groups is 1. The lowest BCUT2D eigenvalue weighted by Gasteiger charge is -2.32. The van der Waals surface area contributed by atoms with Crippen LogP contribution in [0.3, 0.4) is 0 Å². The Morgan fingerprint density at radius 3 is 2.77 bits per heavy atom. The van der Waals surface area contributed by atoms with Gasteiger partial charge in [0, 0.05) is 13.1 Å². The normalized spacial score (nSPS) is 22.8. The number of carbonyl (C=O) groups excluding carboxylic acids is 1. The molecule has 1 aliphatic heterocycles. The van der Waals surface area contributed by atoms with Crippen molar-refractivity contribution in [1.82, 2.24) is 4.90 Å². The van der Waals surface area contributed by atoms with Crippen molar-refractivity contribution in [3.05, 3.63) is 29.3 Å². The van der Waals surface area contributed by atoms with Crippen LogP contribution < -0.4 is 4.74 Å². The molecule has 1 fully saturated rings. The maximum atomic E-state index is 12.5.